The summed E-state index contributed by atoms with van der Waals surface area (Å²) in [5, 5.41) is 13.8. The number of hydrogen-bond donors (Lipinski definition) is 2. The second-order valence-corrected chi connectivity index (χ2v) is 4.33. The topological polar surface area (TPSA) is 45.1 Å². The molecule has 0 spiro atoms. The van der Waals surface area contributed by atoms with Gasteiger partial charge in [-0.1, -0.05) is 6.07 Å². The Morgan fingerprint density at radius 3 is 2.76 bits per heavy atom. The molecular formula is C12H20Cl2N2O. The Morgan fingerprint density at radius 2 is 2.06 bits per heavy atom. The minimum atomic E-state index is -0.775. The molecule has 3 nitrogen and oxygen atoms in total. The molecule has 2 heterocycles. The summed E-state index contributed by atoms with van der Waals surface area (Å²) in [6, 6.07) is 5.83. The van der Waals surface area contributed by atoms with Crippen molar-refractivity contribution in [2.24, 2.45) is 0 Å². The van der Waals surface area contributed by atoms with E-state index in [9.17, 15) is 5.11 Å². The highest BCUT2D eigenvalue weighted by atomic mass is 35.5. The molecule has 1 aromatic rings. The van der Waals surface area contributed by atoms with E-state index in [-0.39, 0.29) is 24.8 Å². The van der Waals surface area contributed by atoms with Crippen LogP contribution in [0.4, 0.5) is 0 Å². The molecule has 0 radical (unpaired) electrons. The molecule has 1 aliphatic rings. The van der Waals surface area contributed by atoms with Gasteiger partial charge >= 0.3 is 0 Å². The summed E-state index contributed by atoms with van der Waals surface area (Å²) in [7, 11) is 0. The first-order chi connectivity index (χ1) is 7.21. The fourth-order valence-electron chi connectivity index (χ4n) is 2.07. The van der Waals surface area contributed by atoms with Gasteiger partial charge in [-0.3, -0.25) is 4.98 Å². The van der Waals surface area contributed by atoms with Crippen molar-refractivity contribution in [3.63, 3.8) is 0 Å². The Kier molecular flexibility index (Phi) is 7.02. The third-order valence-electron chi connectivity index (χ3n) is 2.98. The van der Waals surface area contributed by atoms with Crippen molar-refractivity contribution in [3.8, 4) is 0 Å². The van der Waals surface area contributed by atoms with Gasteiger partial charge in [0.25, 0.3) is 0 Å². The van der Waals surface area contributed by atoms with E-state index in [0.717, 1.165) is 37.2 Å². The van der Waals surface area contributed by atoms with Crippen molar-refractivity contribution in [1.82, 2.24) is 10.3 Å². The quantitative estimate of drug-likeness (QED) is 0.828. The van der Waals surface area contributed by atoms with Crippen LogP contribution in [-0.4, -0.2) is 23.2 Å². The number of nitrogens with one attached hydrogen (secondary N) is 1. The van der Waals surface area contributed by atoms with Gasteiger partial charge in [0.05, 0.1) is 5.69 Å². The van der Waals surface area contributed by atoms with Gasteiger partial charge < -0.3 is 10.4 Å². The van der Waals surface area contributed by atoms with Crippen LogP contribution in [0.2, 0.25) is 0 Å². The van der Waals surface area contributed by atoms with Crippen molar-refractivity contribution in [3.05, 3.63) is 29.6 Å². The number of aryl methyl sites for hydroxylation is 1. The lowest BCUT2D eigenvalue weighted by molar-refractivity contribution is 0.0282. The zero-order valence-corrected chi connectivity index (χ0v) is 11.6. The molecule has 1 fully saturated rings. The van der Waals surface area contributed by atoms with Crippen LogP contribution in [0.5, 0.6) is 0 Å². The van der Waals surface area contributed by atoms with E-state index >= 15 is 0 Å². The van der Waals surface area contributed by atoms with Crippen LogP contribution in [0.25, 0.3) is 0 Å². The van der Waals surface area contributed by atoms with Crippen molar-refractivity contribution in [2.75, 3.05) is 13.1 Å². The lowest BCUT2D eigenvalue weighted by atomic mass is 9.93. The molecule has 1 atom stereocenters. The molecule has 1 aromatic heterocycles. The molecule has 2 N–H and O–H groups in total. The summed E-state index contributed by atoms with van der Waals surface area (Å²) in [5.74, 6) is 0. The van der Waals surface area contributed by atoms with E-state index in [1.165, 1.54) is 0 Å². The molecule has 2 rings (SSSR count). The lowest BCUT2D eigenvalue weighted by Crippen LogP contribution is -2.37. The first-order valence-corrected chi connectivity index (χ1v) is 5.58. The maximum Gasteiger partial charge on any atom is 0.119 e. The average Bonchev–Trinajstić information content (AvgIpc) is 2.44. The van der Waals surface area contributed by atoms with Crippen LogP contribution in [0.3, 0.4) is 0 Å². The Bertz CT molecular complexity index is 339. The zero-order chi connectivity index (χ0) is 10.7. The van der Waals surface area contributed by atoms with E-state index < -0.39 is 5.60 Å². The summed E-state index contributed by atoms with van der Waals surface area (Å²) < 4.78 is 0. The molecule has 0 bridgehead atoms. The Hall–Kier alpha value is -0.350. The molecule has 0 aromatic carbocycles. The summed E-state index contributed by atoms with van der Waals surface area (Å²) in [6.45, 7) is 3.56. The van der Waals surface area contributed by atoms with Crippen LogP contribution >= 0.6 is 24.8 Å². The normalized spacial score (nSPS) is 24.1. The fraction of sp³-hybridized carbons (Fsp3) is 0.583. The largest absolute Gasteiger partial charge is 0.382 e. The number of β-amino-alcohol motifs (C(OH)–C–C–N with tert-alkyl or cyclic N) is 1. The van der Waals surface area contributed by atoms with Crippen LogP contribution in [-0.2, 0) is 5.60 Å². The van der Waals surface area contributed by atoms with Gasteiger partial charge in [0.2, 0.25) is 0 Å². The lowest BCUT2D eigenvalue weighted by Gasteiger charge is -2.26. The highest BCUT2D eigenvalue weighted by Crippen LogP contribution is 2.26. The Labute approximate surface area is 115 Å². The van der Waals surface area contributed by atoms with Crippen molar-refractivity contribution in [2.45, 2.75) is 31.8 Å². The zero-order valence-electron chi connectivity index (χ0n) is 9.98. The Morgan fingerprint density at radius 1 is 1.29 bits per heavy atom. The van der Waals surface area contributed by atoms with Gasteiger partial charge in [-0.2, -0.15) is 0 Å². The molecule has 0 saturated carbocycles. The molecule has 98 valence electrons. The van der Waals surface area contributed by atoms with Gasteiger partial charge in [-0.05, 0) is 44.9 Å². The number of aromatic nitrogens is 1. The average molecular weight is 279 g/mol. The molecule has 0 aliphatic carbocycles. The number of rotatable bonds is 1. The van der Waals surface area contributed by atoms with Crippen LogP contribution < -0.4 is 5.32 Å². The van der Waals surface area contributed by atoms with E-state index in [1.807, 2.05) is 25.1 Å². The molecule has 17 heavy (non-hydrogen) atoms. The van der Waals surface area contributed by atoms with Crippen LogP contribution in [0.1, 0.15) is 30.7 Å². The standard InChI is InChI=1S/C12H18N2O.2ClH/c1-10-5-4-6-11(14-10)12(15)7-2-3-8-13-9-12;;/h4-6,13,15H,2-3,7-9H2,1H3;2*1H. The summed E-state index contributed by atoms with van der Waals surface area (Å²) in [4.78, 5) is 4.42. The van der Waals surface area contributed by atoms with Crippen molar-refractivity contribution in [1.29, 1.82) is 0 Å². The number of hydrogen-bond acceptors (Lipinski definition) is 3. The third-order valence-corrected chi connectivity index (χ3v) is 2.98. The molecule has 1 aliphatic heterocycles. The van der Waals surface area contributed by atoms with Gasteiger partial charge in [-0.25, -0.2) is 0 Å². The maximum absolute atomic E-state index is 10.5. The summed E-state index contributed by atoms with van der Waals surface area (Å²) in [5.41, 5.74) is 0.991. The number of aliphatic hydroxyl groups is 1. The summed E-state index contributed by atoms with van der Waals surface area (Å²) in [6.07, 6.45) is 2.99. The molecule has 1 unspecified atom stereocenters. The smallest absolute Gasteiger partial charge is 0.119 e. The summed E-state index contributed by atoms with van der Waals surface area (Å²) >= 11 is 0. The minimum absolute atomic E-state index is 0. The second-order valence-electron chi connectivity index (χ2n) is 4.33. The highest BCUT2D eigenvalue weighted by molar-refractivity contribution is 5.85. The predicted molar refractivity (Wildman–Crippen MR) is 74.1 cm³/mol. The van der Waals surface area contributed by atoms with E-state index in [1.54, 1.807) is 0 Å². The first kappa shape index (κ1) is 16.6. The van der Waals surface area contributed by atoms with E-state index in [2.05, 4.69) is 10.3 Å². The van der Waals surface area contributed by atoms with E-state index in [0.29, 0.717) is 6.54 Å². The predicted octanol–water partition coefficient (Wildman–Crippen LogP) is 2.19. The van der Waals surface area contributed by atoms with Gasteiger partial charge in [0, 0.05) is 12.2 Å². The monoisotopic (exact) mass is 278 g/mol. The van der Waals surface area contributed by atoms with Gasteiger partial charge in [0.1, 0.15) is 5.60 Å². The van der Waals surface area contributed by atoms with Gasteiger partial charge in [0.15, 0.2) is 0 Å². The van der Waals surface area contributed by atoms with Crippen molar-refractivity contribution >= 4 is 24.8 Å². The molecule has 0 amide bonds. The maximum atomic E-state index is 10.5. The van der Waals surface area contributed by atoms with Crippen LogP contribution in [0.15, 0.2) is 18.2 Å². The van der Waals surface area contributed by atoms with E-state index in [4.69, 9.17) is 0 Å². The van der Waals surface area contributed by atoms with Gasteiger partial charge in [-0.15, -0.1) is 24.8 Å². The highest BCUT2D eigenvalue weighted by Gasteiger charge is 2.31. The van der Waals surface area contributed by atoms with Crippen LogP contribution in [0, 0.1) is 6.92 Å². The molecule has 5 heteroatoms. The number of pyridine rings is 1. The minimum Gasteiger partial charge on any atom is -0.382 e. The number of nitrogens with zero attached hydrogens (tertiary/aromatic N) is 1. The molecular weight excluding hydrogens is 259 g/mol. The SMILES string of the molecule is Cc1cccc(C2(O)CCCCNC2)n1.Cl.Cl. The second kappa shape index (κ2) is 7.17. The number of halogens is 2. The molecule has 1 saturated heterocycles. The fourth-order valence-corrected chi connectivity index (χ4v) is 2.07. The first-order valence-electron chi connectivity index (χ1n) is 5.58. The Balaban J connectivity index is 0.00000128. The third kappa shape index (κ3) is 4.11. The van der Waals surface area contributed by atoms with Crippen molar-refractivity contribution < 1.29 is 5.11 Å².